The van der Waals surface area contributed by atoms with Crippen LogP contribution in [0.4, 0.5) is 0 Å². The lowest BCUT2D eigenvalue weighted by atomic mass is 10.2. The molecule has 0 saturated carbocycles. The number of carbonyl (C=O) groups is 1. The largest absolute Gasteiger partial charge is 0.419 e. The second-order valence-electron chi connectivity index (χ2n) is 6.59. The van der Waals surface area contributed by atoms with E-state index in [0.29, 0.717) is 47.0 Å². The molecule has 0 radical (unpaired) electrons. The minimum absolute atomic E-state index is 0.0618. The molecule has 0 atom stereocenters. The van der Waals surface area contributed by atoms with Gasteiger partial charge in [0.15, 0.2) is 0 Å². The normalized spacial score (nSPS) is 15.0. The van der Waals surface area contributed by atoms with E-state index in [1.165, 1.54) is 0 Å². The van der Waals surface area contributed by atoms with Crippen LogP contribution in [-0.4, -0.2) is 52.1 Å². The zero-order valence-corrected chi connectivity index (χ0v) is 16.5. The van der Waals surface area contributed by atoms with Gasteiger partial charge in [-0.3, -0.25) is 9.69 Å². The summed E-state index contributed by atoms with van der Waals surface area (Å²) in [6.45, 7) is 3.24. The first-order valence-electron chi connectivity index (χ1n) is 8.94. The van der Waals surface area contributed by atoms with E-state index < -0.39 is 0 Å². The Morgan fingerprint density at radius 1 is 0.964 bits per heavy atom. The topological polar surface area (TPSA) is 62.5 Å². The van der Waals surface area contributed by atoms with E-state index in [1.807, 2.05) is 35.2 Å². The molecule has 1 aliphatic heterocycles. The molecule has 1 aliphatic rings. The van der Waals surface area contributed by atoms with E-state index in [9.17, 15) is 4.79 Å². The Morgan fingerprint density at radius 2 is 1.64 bits per heavy atom. The van der Waals surface area contributed by atoms with E-state index >= 15 is 0 Å². The molecule has 1 fully saturated rings. The van der Waals surface area contributed by atoms with Crippen LogP contribution in [-0.2, 0) is 6.54 Å². The van der Waals surface area contributed by atoms with Crippen molar-refractivity contribution in [2.45, 2.75) is 6.54 Å². The highest BCUT2D eigenvalue weighted by Gasteiger charge is 2.24. The zero-order chi connectivity index (χ0) is 19.5. The van der Waals surface area contributed by atoms with Crippen molar-refractivity contribution in [2.75, 3.05) is 26.2 Å². The number of piperazine rings is 1. The third-order valence-electron chi connectivity index (χ3n) is 4.62. The van der Waals surface area contributed by atoms with Crippen LogP contribution in [0.3, 0.4) is 0 Å². The second-order valence-corrected chi connectivity index (χ2v) is 7.47. The molecule has 4 rings (SSSR count). The summed E-state index contributed by atoms with van der Waals surface area (Å²) in [5, 5.41) is 9.17. The molecule has 144 valence electrons. The molecule has 0 bridgehead atoms. The first kappa shape index (κ1) is 18.9. The summed E-state index contributed by atoms with van der Waals surface area (Å²) in [5.74, 6) is 1.02. The predicted octanol–water partition coefficient (Wildman–Crippen LogP) is 4.00. The zero-order valence-electron chi connectivity index (χ0n) is 15.0. The summed E-state index contributed by atoms with van der Waals surface area (Å²) >= 11 is 12.0. The Balaban J connectivity index is 1.34. The second kappa shape index (κ2) is 8.31. The Labute approximate surface area is 172 Å². The van der Waals surface area contributed by atoms with Crippen LogP contribution in [0.1, 0.15) is 16.2 Å². The van der Waals surface area contributed by atoms with Crippen molar-refractivity contribution in [1.29, 1.82) is 0 Å². The Kier molecular flexibility index (Phi) is 5.62. The van der Waals surface area contributed by atoms with Gasteiger partial charge in [-0.05, 0) is 30.3 Å². The molecule has 1 amide bonds. The van der Waals surface area contributed by atoms with Gasteiger partial charge < -0.3 is 9.32 Å². The Hall–Kier alpha value is -2.41. The van der Waals surface area contributed by atoms with Crippen molar-refractivity contribution >= 4 is 29.1 Å². The highest BCUT2D eigenvalue weighted by atomic mass is 35.5. The monoisotopic (exact) mass is 416 g/mol. The number of benzene rings is 2. The highest BCUT2D eigenvalue weighted by molar-refractivity contribution is 6.35. The fourth-order valence-electron chi connectivity index (χ4n) is 3.18. The van der Waals surface area contributed by atoms with Crippen LogP contribution in [0.5, 0.6) is 0 Å². The number of hydrogen-bond acceptors (Lipinski definition) is 5. The molecular formula is C20H18Cl2N4O2. The molecule has 1 saturated heterocycles. The molecular weight excluding hydrogens is 399 g/mol. The SMILES string of the molecule is O=C(c1cc(Cl)cc(Cl)c1)N1CCN(Cc2nnc(-c3ccccc3)o2)CC1. The number of nitrogens with zero attached hydrogens (tertiary/aromatic N) is 4. The molecule has 2 aromatic carbocycles. The molecule has 6 nitrogen and oxygen atoms in total. The number of carbonyl (C=O) groups excluding carboxylic acids is 1. The van der Waals surface area contributed by atoms with Gasteiger partial charge >= 0.3 is 0 Å². The van der Waals surface area contributed by atoms with Gasteiger partial charge in [-0.15, -0.1) is 10.2 Å². The average molecular weight is 417 g/mol. The van der Waals surface area contributed by atoms with Crippen LogP contribution in [0, 0.1) is 0 Å². The van der Waals surface area contributed by atoms with E-state index in [0.717, 1.165) is 18.7 Å². The van der Waals surface area contributed by atoms with Gasteiger partial charge in [0, 0.05) is 47.4 Å². The van der Waals surface area contributed by atoms with Gasteiger partial charge in [-0.25, -0.2) is 0 Å². The third-order valence-corrected chi connectivity index (χ3v) is 5.05. The maximum Gasteiger partial charge on any atom is 0.254 e. The summed E-state index contributed by atoms with van der Waals surface area (Å²) in [4.78, 5) is 16.7. The third kappa shape index (κ3) is 4.35. The standard InChI is InChI=1S/C20H18Cl2N4O2/c21-16-10-15(11-17(22)12-16)20(27)26-8-6-25(7-9-26)13-18-23-24-19(28-18)14-4-2-1-3-5-14/h1-5,10-12H,6-9,13H2. The molecule has 0 aliphatic carbocycles. The summed E-state index contributed by atoms with van der Waals surface area (Å²) in [7, 11) is 0. The van der Waals surface area contributed by atoms with Crippen LogP contribution in [0.2, 0.25) is 10.0 Å². The molecule has 3 aromatic rings. The quantitative estimate of drug-likeness (QED) is 0.642. The fraction of sp³-hybridized carbons (Fsp3) is 0.250. The van der Waals surface area contributed by atoms with Crippen molar-refractivity contribution in [3.63, 3.8) is 0 Å². The number of rotatable bonds is 4. The van der Waals surface area contributed by atoms with Gasteiger partial charge in [-0.2, -0.15) is 0 Å². The lowest BCUT2D eigenvalue weighted by Crippen LogP contribution is -2.48. The van der Waals surface area contributed by atoms with E-state index in [-0.39, 0.29) is 5.91 Å². The van der Waals surface area contributed by atoms with Gasteiger partial charge in [0.2, 0.25) is 11.8 Å². The fourth-order valence-corrected chi connectivity index (χ4v) is 3.70. The number of halogens is 2. The first-order chi connectivity index (χ1) is 13.6. The van der Waals surface area contributed by atoms with Gasteiger partial charge in [0.1, 0.15) is 0 Å². The number of amides is 1. The predicted molar refractivity (Wildman–Crippen MR) is 107 cm³/mol. The molecule has 0 unspecified atom stereocenters. The first-order valence-corrected chi connectivity index (χ1v) is 9.69. The van der Waals surface area contributed by atoms with Crippen LogP contribution in [0.15, 0.2) is 52.9 Å². The van der Waals surface area contributed by atoms with E-state index in [1.54, 1.807) is 18.2 Å². The van der Waals surface area contributed by atoms with Crippen LogP contribution >= 0.6 is 23.2 Å². The molecule has 28 heavy (non-hydrogen) atoms. The van der Waals surface area contributed by atoms with Crippen LogP contribution in [0.25, 0.3) is 11.5 Å². The number of aromatic nitrogens is 2. The molecule has 0 N–H and O–H groups in total. The van der Waals surface area contributed by atoms with Gasteiger partial charge in [-0.1, -0.05) is 41.4 Å². The molecule has 1 aromatic heterocycles. The van der Waals surface area contributed by atoms with Gasteiger partial charge in [0.05, 0.1) is 6.54 Å². The van der Waals surface area contributed by atoms with Gasteiger partial charge in [0.25, 0.3) is 5.91 Å². The lowest BCUT2D eigenvalue weighted by Gasteiger charge is -2.34. The minimum atomic E-state index is -0.0618. The smallest absolute Gasteiger partial charge is 0.254 e. The van der Waals surface area contributed by atoms with Crippen molar-refractivity contribution in [2.24, 2.45) is 0 Å². The van der Waals surface area contributed by atoms with Crippen molar-refractivity contribution in [1.82, 2.24) is 20.0 Å². The molecule has 0 spiro atoms. The summed E-state index contributed by atoms with van der Waals surface area (Å²) in [5.41, 5.74) is 1.41. The molecule has 2 heterocycles. The van der Waals surface area contributed by atoms with E-state index in [2.05, 4.69) is 15.1 Å². The summed E-state index contributed by atoms with van der Waals surface area (Å²) in [6.07, 6.45) is 0. The van der Waals surface area contributed by atoms with Crippen molar-refractivity contribution in [3.05, 3.63) is 70.0 Å². The van der Waals surface area contributed by atoms with Crippen molar-refractivity contribution < 1.29 is 9.21 Å². The maximum absolute atomic E-state index is 12.7. The Morgan fingerprint density at radius 3 is 2.32 bits per heavy atom. The summed E-state index contributed by atoms with van der Waals surface area (Å²) < 4.78 is 5.77. The lowest BCUT2D eigenvalue weighted by molar-refractivity contribution is 0.0618. The number of hydrogen-bond donors (Lipinski definition) is 0. The Bertz CT molecular complexity index is 949. The summed E-state index contributed by atoms with van der Waals surface area (Å²) in [6, 6.07) is 14.6. The van der Waals surface area contributed by atoms with Crippen LogP contribution < -0.4 is 0 Å². The average Bonchev–Trinajstić information content (AvgIpc) is 3.16. The minimum Gasteiger partial charge on any atom is -0.419 e. The van der Waals surface area contributed by atoms with Crippen molar-refractivity contribution in [3.8, 4) is 11.5 Å². The highest BCUT2D eigenvalue weighted by Crippen LogP contribution is 2.21. The maximum atomic E-state index is 12.7. The molecule has 8 heteroatoms. The van der Waals surface area contributed by atoms with E-state index in [4.69, 9.17) is 27.6 Å².